The highest BCUT2D eigenvalue weighted by molar-refractivity contribution is 6.06. The van der Waals surface area contributed by atoms with E-state index in [-0.39, 0.29) is 17.5 Å². The van der Waals surface area contributed by atoms with Gasteiger partial charge in [-0.25, -0.2) is 0 Å². The molecule has 0 aliphatic carbocycles. The van der Waals surface area contributed by atoms with Gasteiger partial charge in [0.1, 0.15) is 11.8 Å². The lowest BCUT2D eigenvalue weighted by atomic mass is 9.86. The molecule has 3 heteroatoms. The van der Waals surface area contributed by atoms with Gasteiger partial charge in [0.05, 0.1) is 11.7 Å². The topological polar surface area (TPSA) is 50.1 Å². The number of rotatable bonds is 4. The maximum Gasteiger partial charge on any atom is 0.178 e. The number of nitrogens with zero attached hydrogens (tertiary/aromatic N) is 1. The summed E-state index contributed by atoms with van der Waals surface area (Å²) >= 11 is 0. The first-order valence-electron chi connectivity index (χ1n) is 6.68. The first-order valence-corrected chi connectivity index (χ1v) is 6.68. The molecule has 0 aromatic heterocycles. The molecule has 0 N–H and O–H groups in total. The van der Waals surface area contributed by atoms with Gasteiger partial charge >= 0.3 is 0 Å². The number of Topliss-reactive ketones (excluding diaryl/α,β-unsaturated/α-hetero) is 1. The maximum atomic E-state index is 12.2. The highest BCUT2D eigenvalue weighted by atomic mass is 16.5. The largest absolute Gasteiger partial charge is 0.490 e. The average Bonchev–Trinajstić information content (AvgIpc) is 2.35. The molecule has 0 bridgehead atoms. The zero-order valence-corrected chi connectivity index (χ0v) is 12.7. The number of allylic oxidation sites excluding steroid dienone is 1. The van der Waals surface area contributed by atoms with Crippen molar-refractivity contribution in [3.05, 3.63) is 35.4 Å². The zero-order valence-electron chi connectivity index (χ0n) is 12.7. The quantitative estimate of drug-likeness (QED) is 0.614. The molecular weight excluding hydrogens is 250 g/mol. The Hall–Kier alpha value is -2.08. The van der Waals surface area contributed by atoms with E-state index in [4.69, 9.17) is 4.74 Å². The van der Waals surface area contributed by atoms with Crippen molar-refractivity contribution in [2.75, 3.05) is 0 Å². The molecular formula is C17H21NO2. The van der Waals surface area contributed by atoms with Crippen LogP contribution in [0.3, 0.4) is 0 Å². The second-order valence-electron chi connectivity index (χ2n) is 5.95. The molecule has 106 valence electrons. The number of nitriles is 1. The summed E-state index contributed by atoms with van der Waals surface area (Å²) in [5.41, 5.74) is 0.322. The van der Waals surface area contributed by atoms with Gasteiger partial charge in [-0.3, -0.25) is 4.79 Å². The van der Waals surface area contributed by atoms with E-state index in [0.717, 1.165) is 5.56 Å². The van der Waals surface area contributed by atoms with Gasteiger partial charge in [-0.05, 0) is 26.0 Å². The van der Waals surface area contributed by atoms with Crippen molar-refractivity contribution in [2.24, 2.45) is 5.41 Å². The van der Waals surface area contributed by atoms with E-state index < -0.39 is 5.41 Å². The summed E-state index contributed by atoms with van der Waals surface area (Å²) in [6, 6.07) is 9.39. The van der Waals surface area contributed by atoms with Crippen molar-refractivity contribution >= 4 is 11.9 Å². The lowest BCUT2D eigenvalue weighted by molar-refractivity contribution is -0.121. The Bertz CT molecular complexity index is 557. The summed E-state index contributed by atoms with van der Waals surface area (Å²) < 4.78 is 5.69. The van der Waals surface area contributed by atoms with Crippen molar-refractivity contribution in [1.82, 2.24) is 0 Å². The van der Waals surface area contributed by atoms with Gasteiger partial charge in [0, 0.05) is 11.0 Å². The lowest BCUT2D eigenvalue weighted by Crippen LogP contribution is -2.21. The molecule has 0 saturated carbocycles. The molecule has 0 amide bonds. The molecule has 0 radical (unpaired) electrons. The van der Waals surface area contributed by atoms with Crippen LogP contribution in [0.1, 0.15) is 40.2 Å². The molecule has 1 aromatic rings. The molecule has 0 aliphatic rings. The molecule has 3 nitrogen and oxygen atoms in total. The van der Waals surface area contributed by atoms with Gasteiger partial charge in [-0.1, -0.05) is 39.0 Å². The van der Waals surface area contributed by atoms with Crippen molar-refractivity contribution < 1.29 is 9.53 Å². The minimum absolute atomic E-state index is 0.0356. The predicted molar refractivity (Wildman–Crippen MR) is 80.3 cm³/mol. The first-order chi connectivity index (χ1) is 9.25. The fraction of sp³-hybridized carbons (Fsp3) is 0.412. The van der Waals surface area contributed by atoms with Crippen LogP contribution in [0.4, 0.5) is 0 Å². The molecule has 0 fully saturated rings. The maximum absolute atomic E-state index is 12.2. The summed E-state index contributed by atoms with van der Waals surface area (Å²) in [7, 11) is 0. The molecule has 0 unspecified atom stereocenters. The summed E-state index contributed by atoms with van der Waals surface area (Å²) in [5.74, 6) is 0.510. The van der Waals surface area contributed by atoms with Crippen LogP contribution in [0.25, 0.3) is 6.08 Å². The number of carbonyl (C=O) groups excluding carboxylic acids is 1. The molecule has 20 heavy (non-hydrogen) atoms. The molecule has 0 aliphatic heterocycles. The minimum atomic E-state index is -0.574. The second-order valence-corrected chi connectivity index (χ2v) is 5.95. The smallest absolute Gasteiger partial charge is 0.178 e. The summed E-state index contributed by atoms with van der Waals surface area (Å²) in [4.78, 5) is 12.2. The van der Waals surface area contributed by atoms with Crippen LogP contribution in [-0.2, 0) is 4.79 Å². The third kappa shape index (κ3) is 4.24. The van der Waals surface area contributed by atoms with Gasteiger partial charge in [0.15, 0.2) is 5.78 Å². The van der Waals surface area contributed by atoms with E-state index in [1.165, 1.54) is 0 Å². The Morgan fingerprint density at radius 3 is 2.40 bits per heavy atom. The van der Waals surface area contributed by atoms with Crippen molar-refractivity contribution in [2.45, 2.75) is 40.7 Å². The van der Waals surface area contributed by atoms with E-state index in [0.29, 0.717) is 5.75 Å². The monoisotopic (exact) mass is 271 g/mol. The number of ether oxygens (including phenoxy) is 1. The standard InChI is InChI=1S/C17H21NO2/c1-12(2)20-15-9-7-6-8-13(15)10-14(11-18)16(19)17(3,4)5/h6-10,12H,1-5H3/b14-10+. The summed E-state index contributed by atoms with van der Waals surface area (Å²) in [5, 5.41) is 9.21. The predicted octanol–water partition coefficient (Wildman–Crippen LogP) is 4.00. The van der Waals surface area contributed by atoms with Gasteiger partial charge in [0.25, 0.3) is 0 Å². The van der Waals surface area contributed by atoms with Crippen LogP contribution < -0.4 is 4.74 Å². The molecule has 0 heterocycles. The second kappa shape index (κ2) is 6.38. The number of hydrogen-bond acceptors (Lipinski definition) is 3. The van der Waals surface area contributed by atoms with Crippen LogP contribution in [-0.4, -0.2) is 11.9 Å². The van der Waals surface area contributed by atoms with E-state index >= 15 is 0 Å². The molecule has 0 saturated heterocycles. The zero-order chi connectivity index (χ0) is 15.3. The molecule has 0 spiro atoms. The Labute approximate surface area is 120 Å². The van der Waals surface area contributed by atoms with Crippen LogP contribution in [0.15, 0.2) is 29.8 Å². The van der Waals surface area contributed by atoms with Gasteiger partial charge in [-0.2, -0.15) is 5.26 Å². The number of benzene rings is 1. The highest BCUT2D eigenvalue weighted by Gasteiger charge is 2.25. The van der Waals surface area contributed by atoms with Crippen molar-refractivity contribution in [3.8, 4) is 11.8 Å². The van der Waals surface area contributed by atoms with E-state index in [1.807, 2.05) is 44.2 Å². The van der Waals surface area contributed by atoms with Crippen LogP contribution in [0.5, 0.6) is 5.75 Å². The Balaban J connectivity index is 3.21. The Morgan fingerprint density at radius 2 is 1.90 bits per heavy atom. The van der Waals surface area contributed by atoms with E-state index in [2.05, 4.69) is 0 Å². The lowest BCUT2D eigenvalue weighted by Gasteiger charge is -2.16. The number of hydrogen-bond donors (Lipinski definition) is 0. The average molecular weight is 271 g/mol. The van der Waals surface area contributed by atoms with Gasteiger partial charge in [0.2, 0.25) is 0 Å². The third-order valence-corrected chi connectivity index (χ3v) is 2.63. The fourth-order valence-corrected chi connectivity index (χ4v) is 1.67. The van der Waals surface area contributed by atoms with Gasteiger partial charge < -0.3 is 4.74 Å². The van der Waals surface area contributed by atoms with Gasteiger partial charge in [-0.15, -0.1) is 0 Å². The van der Waals surface area contributed by atoms with Crippen molar-refractivity contribution in [1.29, 1.82) is 5.26 Å². The van der Waals surface area contributed by atoms with Crippen LogP contribution >= 0.6 is 0 Å². The highest BCUT2D eigenvalue weighted by Crippen LogP contribution is 2.25. The van der Waals surface area contributed by atoms with Crippen LogP contribution in [0, 0.1) is 16.7 Å². The molecule has 0 atom stereocenters. The summed E-state index contributed by atoms with van der Waals surface area (Å²) in [6.45, 7) is 9.28. The fourth-order valence-electron chi connectivity index (χ4n) is 1.67. The summed E-state index contributed by atoms with van der Waals surface area (Å²) in [6.07, 6.45) is 1.64. The SMILES string of the molecule is CC(C)Oc1ccccc1/C=C(\C#N)C(=O)C(C)(C)C. The van der Waals surface area contributed by atoms with Crippen molar-refractivity contribution in [3.63, 3.8) is 0 Å². The molecule has 1 aromatic carbocycles. The third-order valence-electron chi connectivity index (χ3n) is 2.63. The van der Waals surface area contributed by atoms with E-state index in [1.54, 1.807) is 26.8 Å². The first kappa shape index (κ1) is 16.0. The Morgan fingerprint density at radius 1 is 1.30 bits per heavy atom. The Kier molecular flexibility index (Phi) is 5.10. The number of carbonyl (C=O) groups is 1. The molecule has 1 rings (SSSR count). The number of ketones is 1. The number of para-hydroxylation sites is 1. The minimum Gasteiger partial charge on any atom is -0.490 e. The normalized spacial score (nSPS) is 12.2. The van der Waals surface area contributed by atoms with Crippen LogP contribution in [0.2, 0.25) is 0 Å². The van der Waals surface area contributed by atoms with E-state index in [9.17, 15) is 10.1 Å².